The van der Waals surface area contributed by atoms with Crippen LogP contribution in [0.4, 0.5) is 5.95 Å². The maximum absolute atomic E-state index is 5.75. The molecule has 1 N–H and O–H groups in total. The summed E-state index contributed by atoms with van der Waals surface area (Å²) in [5.41, 5.74) is 0.989. The Balaban J connectivity index is 1.41. The quantitative estimate of drug-likeness (QED) is 0.887. The van der Waals surface area contributed by atoms with Crippen molar-refractivity contribution in [1.29, 1.82) is 0 Å². The van der Waals surface area contributed by atoms with E-state index in [2.05, 4.69) is 20.2 Å². The summed E-state index contributed by atoms with van der Waals surface area (Å²) < 4.78 is 5.75. The van der Waals surface area contributed by atoms with Gasteiger partial charge in [-0.15, -0.1) is 0 Å². The fourth-order valence-electron chi connectivity index (χ4n) is 2.66. The van der Waals surface area contributed by atoms with Crippen LogP contribution in [0.25, 0.3) is 0 Å². The fraction of sp³-hybridized carbons (Fsp3) is 0.412. The number of hydrogen-bond donors (Lipinski definition) is 1. The summed E-state index contributed by atoms with van der Waals surface area (Å²) in [6.45, 7) is 5.74. The minimum atomic E-state index is 0.415. The van der Waals surface area contributed by atoms with Crippen LogP contribution < -0.4 is 10.1 Å². The lowest BCUT2D eigenvalue weighted by atomic mass is 10.3. The van der Waals surface area contributed by atoms with Crippen molar-refractivity contribution in [3.8, 4) is 5.75 Å². The van der Waals surface area contributed by atoms with Crippen molar-refractivity contribution < 1.29 is 4.74 Å². The first-order chi connectivity index (χ1) is 10.8. The zero-order valence-corrected chi connectivity index (χ0v) is 12.9. The van der Waals surface area contributed by atoms with Gasteiger partial charge in [0.1, 0.15) is 12.4 Å². The highest BCUT2D eigenvalue weighted by atomic mass is 16.5. The summed E-state index contributed by atoms with van der Waals surface area (Å²) in [7, 11) is 0. The van der Waals surface area contributed by atoms with Crippen molar-refractivity contribution in [3.05, 3.63) is 48.3 Å². The smallest absolute Gasteiger partial charge is 0.223 e. The average molecular weight is 298 g/mol. The van der Waals surface area contributed by atoms with Gasteiger partial charge < -0.3 is 10.1 Å². The highest BCUT2D eigenvalue weighted by Gasteiger charge is 2.22. The Morgan fingerprint density at radius 1 is 1.27 bits per heavy atom. The monoisotopic (exact) mass is 298 g/mol. The van der Waals surface area contributed by atoms with Gasteiger partial charge in [0, 0.05) is 37.6 Å². The van der Waals surface area contributed by atoms with Crippen LogP contribution in [0.3, 0.4) is 0 Å². The highest BCUT2D eigenvalue weighted by Crippen LogP contribution is 2.14. The van der Waals surface area contributed by atoms with Gasteiger partial charge in [0.2, 0.25) is 5.95 Å². The maximum atomic E-state index is 5.75. The molecule has 1 aliphatic rings. The summed E-state index contributed by atoms with van der Waals surface area (Å²) >= 11 is 0. The van der Waals surface area contributed by atoms with E-state index in [1.54, 1.807) is 6.20 Å². The van der Waals surface area contributed by atoms with Gasteiger partial charge in [-0.1, -0.05) is 18.2 Å². The molecule has 1 aromatic heterocycles. The zero-order valence-electron chi connectivity index (χ0n) is 12.9. The predicted octanol–water partition coefficient (Wildman–Crippen LogP) is 2.35. The first-order valence-corrected chi connectivity index (χ1v) is 7.76. The molecule has 0 amide bonds. The highest BCUT2D eigenvalue weighted by molar-refractivity contribution is 5.27. The summed E-state index contributed by atoms with van der Waals surface area (Å²) in [4.78, 5) is 11.1. The Kier molecular flexibility index (Phi) is 4.85. The number of nitrogens with zero attached hydrogens (tertiary/aromatic N) is 3. The van der Waals surface area contributed by atoms with Crippen LogP contribution in [-0.2, 0) is 0 Å². The van der Waals surface area contributed by atoms with Crippen molar-refractivity contribution in [3.63, 3.8) is 0 Å². The second kappa shape index (κ2) is 7.22. The molecule has 1 aliphatic heterocycles. The molecule has 22 heavy (non-hydrogen) atoms. The number of nitrogens with one attached hydrogen (secondary N) is 1. The largest absolute Gasteiger partial charge is 0.492 e. The minimum Gasteiger partial charge on any atom is -0.492 e. The van der Waals surface area contributed by atoms with Gasteiger partial charge in [-0.3, -0.25) is 4.90 Å². The fourth-order valence-corrected chi connectivity index (χ4v) is 2.66. The van der Waals surface area contributed by atoms with E-state index in [1.165, 1.54) is 0 Å². The molecule has 5 nitrogen and oxygen atoms in total. The van der Waals surface area contributed by atoms with Crippen molar-refractivity contribution in [2.75, 3.05) is 31.6 Å². The van der Waals surface area contributed by atoms with E-state index in [0.29, 0.717) is 6.04 Å². The second-order valence-corrected chi connectivity index (χ2v) is 5.61. The Hall–Kier alpha value is -2.14. The van der Waals surface area contributed by atoms with E-state index in [9.17, 15) is 0 Å². The van der Waals surface area contributed by atoms with Crippen LogP contribution in [-0.4, -0.2) is 47.2 Å². The van der Waals surface area contributed by atoms with Crippen LogP contribution in [0.1, 0.15) is 12.1 Å². The molecule has 116 valence electrons. The first-order valence-electron chi connectivity index (χ1n) is 7.76. The standard InChI is InChI=1S/C17H22N4O/c1-14-7-9-18-17(19-14)20-15-8-10-21(13-15)11-12-22-16-5-3-2-4-6-16/h2-7,9,15H,8,10-13H2,1H3,(H,18,19,20). The number of benzene rings is 1. The topological polar surface area (TPSA) is 50.3 Å². The second-order valence-electron chi connectivity index (χ2n) is 5.61. The van der Waals surface area contributed by atoms with Gasteiger partial charge >= 0.3 is 0 Å². The van der Waals surface area contributed by atoms with Gasteiger partial charge in [0.05, 0.1) is 0 Å². The first kappa shape index (κ1) is 14.8. The molecule has 0 saturated carbocycles. The molecule has 1 atom stereocenters. The van der Waals surface area contributed by atoms with Crippen molar-refractivity contribution in [1.82, 2.24) is 14.9 Å². The van der Waals surface area contributed by atoms with Crippen molar-refractivity contribution >= 4 is 5.95 Å². The number of rotatable bonds is 6. The van der Waals surface area contributed by atoms with E-state index in [0.717, 1.165) is 50.1 Å². The lowest BCUT2D eigenvalue weighted by Crippen LogP contribution is -2.30. The van der Waals surface area contributed by atoms with Gasteiger partial charge in [0.15, 0.2) is 0 Å². The third-order valence-corrected chi connectivity index (χ3v) is 3.82. The van der Waals surface area contributed by atoms with E-state index >= 15 is 0 Å². The van der Waals surface area contributed by atoms with Gasteiger partial charge in [0.25, 0.3) is 0 Å². The van der Waals surface area contributed by atoms with E-state index < -0.39 is 0 Å². The lowest BCUT2D eigenvalue weighted by molar-refractivity contribution is 0.237. The Morgan fingerprint density at radius 2 is 2.14 bits per heavy atom. The lowest BCUT2D eigenvalue weighted by Gasteiger charge is -2.17. The molecule has 0 bridgehead atoms. The van der Waals surface area contributed by atoms with Crippen molar-refractivity contribution in [2.24, 2.45) is 0 Å². The zero-order chi connectivity index (χ0) is 15.2. The minimum absolute atomic E-state index is 0.415. The number of anilines is 1. The predicted molar refractivity (Wildman–Crippen MR) is 87.2 cm³/mol. The van der Waals surface area contributed by atoms with Crippen LogP contribution in [0, 0.1) is 6.92 Å². The summed E-state index contributed by atoms with van der Waals surface area (Å²) in [6, 6.07) is 12.3. The Labute approximate surface area is 131 Å². The van der Waals surface area contributed by atoms with Gasteiger partial charge in [-0.05, 0) is 31.5 Å². The normalized spacial score (nSPS) is 18.3. The number of para-hydroxylation sites is 1. The van der Waals surface area contributed by atoms with Crippen LogP contribution in [0.2, 0.25) is 0 Å². The molecule has 0 radical (unpaired) electrons. The van der Waals surface area contributed by atoms with Crippen LogP contribution in [0.5, 0.6) is 5.75 Å². The summed E-state index contributed by atoms with van der Waals surface area (Å²) in [5.74, 6) is 1.66. The molecule has 3 rings (SSSR count). The SMILES string of the molecule is Cc1ccnc(NC2CCN(CCOc3ccccc3)C2)n1. The van der Waals surface area contributed by atoms with E-state index in [4.69, 9.17) is 4.74 Å². The van der Waals surface area contributed by atoms with E-state index in [1.807, 2.05) is 43.3 Å². The molecular formula is C17H22N4O. The average Bonchev–Trinajstić information content (AvgIpc) is 2.96. The Bertz CT molecular complexity index is 590. The molecule has 1 aromatic carbocycles. The molecule has 0 spiro atoms. The number of aromatic nitrogens is 2. The molecular weight excluding hydrogens is 276 g/mol. The number of aryl methyl sites for hydroxylation is 1. The Morgan fingerprint density at radius 3 is 2.95 bits per heavy atom. The molecule has 1 unspecified atom stereocenters. The van der Waals surface area contributed by atoms with E-state index in [-0.39, 0.29) is 0 Å². The van der Waals surface area contributed by atoms with Crippen LogP contribution in [0.15, 0.2) is 42.6 Å². The van der Waals surface area contributed by atoms with Gasteiger partial charge in [-0.25, -0.2) is 9.97 Å². The van der Waals surface area contributed by atoms with Gasteiger partial charge in [-0.2, -0.15) is 0 Å². The third-order valence-electron chi connectivity index (χ3n) is 3.82. The maximum Gasteiger partial charge on any atom is 0.223 e. The van der Waals surface area contributed by atoms with Crippen LogP contribution >= 0.6 is 0 Å². The number of hydrogen-bond acceptors (Lipinski definition) is 5. The summed E-state index contributed by atoms with van der Waals surface area (Å²) in [6.07, 6.45) is 2.91. The molecule has 5 heteroatoms. The molecule has 0 aliphatic carbocycles. The number of likely N-dealkylation sites (tertiary alicyclic amines) is 1. The molecule has 1 saturated heterocycles. The summed E-state index contributed by atoms with van der Waals surface area (Å²) in [5, 5.41) is 3.42. The number of ether oxygens (including phenoxy) is 1. The molecule has 2 heterocycles. The molecule has 1 fully saturated rings. The van der Waals surface area contributed by atoms with Crippen molar-refractivity contribution in [2.45, 2.75) is 19.4 Å². The third kappa shape index (κ3) is 4.18. The molecule has 2 aromatic rings.